The van der Waals surface area contributed by atoms with Gasteiger partial charge >= 0.3 is 5.69 Å². The number of ether oxygens (including phenoxy) is 2. The second kappa shape index (κ2) is 8.42. The molecule has 3 rings (SSSR count). The maximum absolute atomic E-state index is 12.8. The van der Waals surface area contributed by atoms with E-state index >= 15 is 0 Å². The van der Waals surface area contributed by atoms with Crippen molar-refractivity contribution >= 4 is 17.4 Å². The predicted octanol–water partition coefficient (Wildman–Crippen LogP) is 0.956. The molecule has 0 spiro atoms. The summed E-state index contributed by atoms with van der Waals surface area (Å²) in [4.78, 5) is 39.0. The van der Waals surface area contributed by atoms with Crippen LogP contribution in [0, 0.1) is 5.92 Å². The smallest absolute Gasteiger partial charge is 0.332 e. The summed E-state index contributed by atoms with van der Waals surface area (Å²) in [6.45, 7) is 1.11. The van der Waals surface area contributed by atoms with Crippen LogP contribution < -0.4 is 30.9 Å². The van der Waals surface area contributed by atoms with E-state index in [0.29, 0.717) is 36.1 Å². The van der Waals surface area contributed by atoms with E-state index in [4.69, 9.17) is 9.47 Å². The predicted molar refractivity (Wildman–Crippen MR) is 110 cm³/mol. The van der Waals surface area contributed by atoms with Crippen molar-refractivity contribution in [1.82, 2.24) is 9.13 Å². The Morgan fingerprint density at radius 3 is 2.48 bits per heavy atom. The van der Waals surface area contributed by atoms with Crippen LogP contribution in [0.1, 0.15) is 12.8 Å². The molecule has 2 heterocycles. The van der Waals surface area contributed by atoms with Crippen LogP contribution in [-0.4, -0.2) is 42.4 Å². The largest absolute Gasteiger partial charge is 0.493 e. The highest BCUT2D eigenvalue weighted by Crippen LogP contribution is 2.30. The molecule has 1 N–H and O–H groups in total. The molecule has 2 aromatic rings. The van der Waals surface area contributed by atoms with Gasteiger partial charge in [0, 0.05) is 45.0 Å². The van der Waals surface area contributed by atoms with Crippen molar-refractivity contribution in [2.24, 2.45) is 20.0 Å². The SMILES string of the molecule is COc1ccc(NC(=O)C2CCCN(c3cc(=O)n(C)c(=O)n3C)C2)cc1OC. The number of hydrogen-bond acceptors (Lipinski definition) is 6. The summed E-state index contributed by atoms with van der Waals surface area (Å²) in [5.41, 5.74) is -0.129. The lowest BCUT2D eigenvalue weighted by molar-refractivity contribution is -0.120. The highest BCUT2D eigenvalue weighted by molar-refractivity contribution is 5.93. The number of aromatic nitrogens is 2. The Labute approximate surface area is 168 Å². The molecule has 9 heteroatoms. The van der Waals surface area contributed by atoms with Crippen LogP contribution in [0.2, 0.25) is 0 Å². The van der Waals surface area contributed by atoms with Crippen molar-refractivity contribution in [3.05, 3.63) is 45.1 Å². The zero-order valence-electron chi connectivity index (χ0n) is 17.1. The van der Waals surface area contributed by atoms with Gasteiger partial charge in [-0.3, -0.25) is 18.7 Å². The average Bonchev–Trinajstić information content (AvgIpc) is 2.74. The second-order valence-electron chi connectivity index (χ2n) is 7.09. The second-order valence-corrected chi connectivity index (χ2v) is 7.09. The van der Waals surface area contributed by atoms with E-state index in [1.807, 2.05) is 4.90 Å². The molecule has 0 aliphatic carbocycles. The third-order valence-corrected chi connectivity index (χ3v) is 5.27. The van der Waals surface area contributed by atoms with Gasteiger partial charge in [-0.05, 0) is 25.0 Å². The molecule has 156 valence electrons. The number of nitrogens with one attached hydrogen (secondary N) is 1. The van der Waals surface area contributed by atoms with Gasteiger partial charge in [-0.15, -0.1) is 0 Å². The molecular formula is C20H26N4O5. The molecule has 1 unspecified atom stereocenters. The fourth-order valence-corrected chi connectivity index (χ4v) is 3.58. The summed E-state index contributed by atoms with van der Waals surface area (Å²) < 4.78 is 13.0. The van der Waals surface area contributed by atoms with Gasteiger partial charge in [0.1, 0.15) is 5.82 Å². The molecule has 0 bridgehead atoms. The fraction of sp³-hybridized carbons (Fsp3) is 0.450. The van der Waals surface area contributed by atoms with Crippen LogP contribution in [-0.2, 0) is 18.9 Å². The van der Waals surface area contributed by atoms with Gasteiger partial charge in [-0.25, -0.2) is 4.79 Å². The van der Waals surface area contributed by atoms with Crippen molar-refractivity contribution in [3.8, 4) is 11.5 Å². The molecular weight excluding hydrogens is 376 g/mol. The molecule has 1 fully saturated rings. The maximum atomic E-state index is 12.8. The first-order valence-corrected chi connectivity index (χ1v) is 9.40. The Bertz CT molecular complexity index is 1030. The standard InChI is InChI=1S/C20H26N4O5/c1-22-17(11-18(25)23(2)20(22)27)24-9-5-6-13(12-24)19(26)21-14-7-8-15(28-3)16(10-14)29-4/h7-8,10-11,13H,5-6,9,12H2,1-4H3,(H,21,26). The number of anilines is 2. The normalized spacial score (nSPS) is 16.4. The molecule has 29 heavy (non-hydrogen) atoms. The van der Waals surface area contributed by atoms with Gasteiger partial charge in [0.15, 0.2) is 11.5 Å². The van der Waals surface area contributed by atoms with Crippen molar-refractivity contribution < 1.29 is 14.3 Å². The van der Waals surface area contributed by atoms with E-state index in [9.17, 15) is 14.4 Å². The number of hydrogen-bond donors (Lipinski definition) is 1. The molecule has 1 aliphatic rings. The Balaban J connectivity index is 1.77. The summed E-state index contributed by atoms with van der Waals surface area (Å²) in [6.07, 6.45) is 1.52. The molecule has 1 amide bonds. The minimum absolute atomic E-state index is 0.115. The Morgan fingerprint density at radius 1 is 1.07 bits per heavy atom. The lowest BCUT2D eigenvalue weighted by Crippen LogP contribution is -2.45. The van der Waals surface area contributed by atoms with E-state index in [2.05, 4.69) is 5.32 Å². The number of nitrogens with zero attached hydrogens (tertiary/aromatic N) is 3. The summed E-state index contributed by atoms with van der Waals surface area (Å²) in [5, 5.41) is 2.92. The molecule has 9 nitrogen and oxygen atoms in total. The molecule has 1 atom stereocenters. The molecule has 1 aromatic heterocycles. The van der Waals surface area contributed by atoms with Gasteiger partial charge in [0.05, 0.1) is 20.1 Å². The van der Waals surface area contributed by atoms with Gasteiger partial charge in [-0.2, -0.15) is 0 Å². The topological polar surface area (TPSA) is 94.8 Å². The minimum atomic E-state index is -0.385. The van der Waals surface area contributed by atoms with Crippen LogP contribution >= 0.6 is 0 Å². The van der Waals surface area contributed by atoms with E-state index in [1.54, 1.807) is 32.4 Å². The first-order valence-electron chi connectivity index (χ1n) is 9.40. The molecule has 0 saturated carbocycles. The van der Waals surface area contributed by atoms with E-state index in [1.165, 1.54) is 24.8 Å². The number of methoxy groups -OCH3 is 2. The third kappa shape index (κ3) is 4.13. The first kappa shape index (κ1) is 20.5. The zero-order valence-corrected chi connectivity index (χ0v) is 17.1. The number of carbonyl (C=O) groups excluding carboxylic acids is 1. The summed E-state index contributed by atoms with van der Waals surface area (Å²) >= 11 is 0. The average molecular weight is 402 g/mol. The first-order chi connectivity index (χ1) is 13.8. The summed E-state index contributed by atoms with van der Waals surface area (Å²) in [7, 11) is 6.17. The van der Waals surface area contributed by atoms with E-state index in [0.717, 1.165) is 17.4 Å². The lowest BCUT2D eigenvalue weighted by atomic mass is 9.97. The van der Waals surface area contributed by atoms with Crippen molar-refractivity contribution in [3.63, 3.8) is 0 Å². The van der Waals surface area contributed by atoms with Gasteiger partial charge in [0.2, 0.25) is 5.91 Å². The monoisotopic (exact) mass is 402 g/mol. The van der Waals surface area contributed by atoms with E-state index < -0.39 is 0 Å². The van der Waals surface area contributed by atoms with Gasteiger partial charge in [0.25, 0.3) is 5.56 Å². The van der Waals surface area contributed by atoms with Gasteiger partial charge in [-0.1, -0.05) is 0 Å². The van der Waals surface area contributed by atoms with Gasteiger partial charge < -0.3 is 19.7 Å². The molecule has 1 saturated heterocycles. The highest BCUT2D eigenvalue weighted by atomic mass is 16.5. The highest BCUT2D eigenvalue weighted by Gasteiger charge is 2.27. The van der Waals surface area contributed by atoms with Crippen LogP contribution in [0.15, 0.2) is 33.9 Å². The van der Waals surface area contributed by atoms with Crippen LogP contribution in [0.5, 0.6) is 11.5 Å². The van der Waals surface area contributed by atoms with Crippen molar-refractivity contribution in [1.29, 1.82) is 0 Å². The summed E-state index contributed by atoms with van der Waals surface area (Å²) in [6, 6.07) is 6.64. The fourth-order valence-electron chi connectivity index (χ4n) is 3.58. The quantitative estimate of drug-likeness (QED) is 0.800. The number of benzene rings is 1. The zero-order chi connectivity index (χ0) is 21.1. The van der Waals surface area contributed by atoms with Crippen molar-refractivity contribution in [2.75, 3.05) is 37.5 Å². The molecule has 0 radical (unpaired) electrons. The van der Waals surface area contributed by atoms with Crippen LogP contribution in [0.3, 0.4) is 0 Å². The number of rotatable bonds is 5. The Kier molecular flexibility index (Phi) is 5.95. The molecule has 1 aliphatic heterocycles. The Hall–Kier alpha value is -3.23. The summed E-state index contributed by atoms with van der Waals surface area (Å²) in [5.74, 6) is 1.26. The number of piperidine rings is 1. The van der Waals surface area contributed by atoms with Crippen LogP contribution in [0.4, 0.5) is 11.5 Å². The minimum Gasteiger partial charge on any atom is -0.493 e. The van der Waals surface area contributed by atoms with Crippen LogP contribution in [0.25, 0.3) is 0 Å². The van der Waals surface area contributed by atoms with E-state index in [-0.39, 0.29) is 23.1 Å². The third-order valence-electron chi connectivity index (χ3n) is 5.27. The van der Waals surface area contributed by atoms with Crippen molar-refractivity contribution in [2.45, 2.75) is 12.8 Å². The number of amides is 1. The maximum Gasteiger partial charge on any atom is 0.332 e. The Morgan fingerprint density at radius 2 is 1.79 bits per heavy atom. The lowest BCUT2D eigenvalue weighted by Gasteiger charge is -2.34. The molecule has 1 aromatic carbocycles. The number of carbonyl (C=O) groups is 1.